The average molecular weight is 452 g/mol. The molecule has 0 amide bonds. The zero-order valence-corrected chi connectivity index (χ0v) is 19.9. The molecule has 0 unspecified atom stereocenters. The van der Waals surface area contributed by atoms with Gasteiger partial charge < -0.3 is 4.74 Å². The van der Waals surface area contributed by atoms with Gasteiger partial charge in [0.1, 0.15) is 0 Å². The van der Waals surface area contributed by atoms with Crippen LogP contribution in [0.2, 0.25) is 10.0 Å². The first-order chi connectivity index (χ1) is 14.2. The first kappa shape index (κ1) is 23.2. The van der Waals surface area contributed by atoms with E-state index >= 15 is 0 Å². The molecule has 2 atom stereocenters. The topological polar surface area (TPSA) is 56.1 Å². The van der Waals surface area contributed by atoms with Crippen molar-refractivity contribution in [3.8, 4) is 0 Å². The Morgan fingerprint density at radius 2 is 1.83 bits per heavy atom. The van der Waals surface area contributed by atoms with Crippen molar-refractivity contribution < 1.29 is 4.74 Å². The molecule has 164 valence electrons. The zero-order chi connectivity index (χ0) is 21.9. The van der Waals surface area contributed by atoms with Crippen molar-refractivity contribution in [3.63, 3.8) is 0 Å². The van der Waals surface area contributed by atoms with E-state index in [1.807, 2.05) is 22.9 Å². The molecule has 2 aromatic rings. The molecule has 8 heteroatoms. The van der Waals surface area contributed by atoms with Crippen molar-refractivity contribution in [3.05, 3.63) is 45.7 Å². The van der Waals surface area contributed by atoms with Crippen LogP contribution in [0.25, 0.3) is 6.08 Å². The van der Waals surface area contributed by atoms with Crippen molar-refractivity contribution in [1.82, 2.24) is 25.1 Å². The van der Waals surface area contributed by atoms with Gasteiger partial charge in [0, 0.05) is 23.1 Å². The predicted molar refractivity (Wildman–Crippen MR) is 122 cm³/mol. The molecule has 0 aliphatic carbocycles. The first-order valence-corrected chi connectivity index (χ1v) is 11.2. The fraction of sp³-hybridized carbons (Fsp3) is 0.591. The van der Waals surface area contributed by atoms with Gasteiger partial charge in [0.05, 0.1) is 25.3 Å². The molecule has 0 N–H and O–H groups in total. The fourth-order valence-corrected chi connectivity index (χ4v) is 4.37. The summed E-state index contributed by atoms with van der Waals surface area (Å²) >= 11 is 12.4. The predicted octanol–water partition coefficient (Wildman–Crippen LogP) is 5.31. The van der Waals surface area contributed by atoms with Gasteiger partial charge in [0.2, 0.25) is 0 Å². The van der Waals surface area contributed by atoms with E-state index in [1.165, 1.54) is 0 Å². The van der Waals surface area contributed by atoms with E-state index in [4.69, 9.17) is 27.9 Å². The van der Waals surface area contributed by atoms with Crippen molar-refractivity contribution >= 4 is 29.3 Å². The Labute approximate surface area is 189 Å². The van der Waals surface area contributed by atoms with Crippen molar-refractivity contribution in [2.24, 2.45) is 11.3 Å². The number of nitrogens with zero attached hydrogens (tertiary/aromatic N) is 5. The van der Waals surface area contributed by atoms with E-state index in [0.29, 0.717) is 16.0 Å². The molecular formula is C22H31Cl2N5O. The molecule has 1 aromatic carbocycles. The molecule has 0 radical (unpaired) electrons. The lowest BCUT2D eigenvalue weighted by Gasteiger charge is -2.37. The Kier molecular flexibility index (Phi) is 7.56. The average Bonchev–Trinajstić information content (AvgIpc) is 3.12. The second-order valence-corrected chi connectivity index (χ2v) is 10.00. The number of morpholine rings is 1. The molecule has 2 heterocycles. The quantitative estimate of drug-likeness (QED) is 0.595. The molecule has 1 aliphatic heterocycles. The van der Waals surface area contributed by atoms with Crippen molar-refractivity contribution in [2.75, 3.05) is 26.3 Å². The van der Waals surface area contributed by atoms with E-state index < -0.39 is 0 Å². The molecule has 0 spiro atoms. The van der Waals surface area contributed by atoms with Crippen LogP contribution in [0.3, 0.4) is 0 Å². The summed E-state index contributed by atoms with van der Waals surface area (Å²) in [5.41, 5.74) is 0.810. The van der Waals surface area contributed by atoms with E-state index in [-0.39, 0.29) is 17.5 Å². The number of rotatable bonds is 6. The Balaban J connectivity index is 1.98. The third-order valence-corrected chi connectivity index (χ3v) is 5.99. The number of allylic oxidation sites excluding steroid dienone is 1. The molecule has 1 fully saturated rings. The molecule has 1 aliphatic rings. The van der Waals surface area contributed by atoms with Crippen LogP contribution >= 0.6 is 23.2 Å². The van der Waals surface area contributed by atoms with Crippen LogP contribution < -0.4 is 0 Å². The van der Waals surface area contributed by atoms with E-state index in [1.54, 1.807) is 6.07 Å². The minimum Gasteiger partial charge on any atom is -0.379 e. The van der Waals surface area contributed by atoms with Gasteiger partial charge >= 0.3 is 0 Å². The van der Waals surface area contributed by atoms with E-state index in [0.717, 1.165) is 37.7 Å². The summed E-state index contributed by atoms with van der Waals surface area (Å²) in [4.78, 5) is 2.43. The lowest BCUT2D eigenvalue weighted by Crippen LogP contribution is -2.42. The van der Waals surface area contributed by atoms with Gasteiger partial charge in [-0.1, -0.05) is 76.0 Å². The van der Waals surface area contributed by atoms with Crippen LogP contribution in [-0.2, 0) is 4.74 Å². The number of halogens is 2. The Hall–Kier alpha value is -1.47. The van der Waals surface area contributed by atoms with Gasteiger partial charge in [-0.2, -0.15) is 0 Å². The second kappa shape index (κ2) is 9.77. The minimum atomic E-state index is -0.105. The number of ether oxygens (including phenoxy) is 1. The summed E-state index contributed by atoms with van der Waals surface area (Å²) in [5, 5.41) is 14.2. The molecular weight excluding hydrogens is 421 g/mol. The fourth-order valence-electron chi connectivity index (χ4n) is 3.90. The summed E-state index contributed by atoms with van der Waals surface area (Å²) < 4.78 is 7.53. The number of aromatic nitrogens is 4. The highest BCUT2D eigenvalue weighted by Crippen LogP contribution is 2.36. The van der Waals surface area contributed by atoms with Crippen LogP contribution in [0.5, 0.6) is 0 Å². The minimum absolute atomic E-state index is 0.0449. The SMILES string of the molecule is CC(C)[C@H](c1nnnn1[C@H](/C=C/c1ccc(Cl)cc1Cl)C(C)(C)C)N1CCOCC1. The molecule has 0 bridgehead atoms. The maximum atomic E-state index is 6.38. The molecule has 30 heavy (non-hydrogen) atoms. The maximum Gasteiger partial charge on any atom is 0.169 e. The monoisotopic (exact) mass is 451 g/mol. The third kappa shape index (κ3) is 5.41. The molecule has 0 saturated carbocycles. The third-order valence-electron chi connectivity index (χ3n) is 5.42. The molecule has 6 nitrogen and oxygen atoms in total. The zero-order valence-electron chi connectivity index (χ0n) is 18.3. The Morgan fingerprint density at radius 1 is 1.13 bits per heavy atom. The van der Waals surface area contributed by atoms with E-state index in [2.05, 4.69) is 61.1 Å². The van der Waals surface area contributed by atoms with Crippen molar-refractivity contribution in [1.29, 1.82) is 0 Å². The van der Waals surface area contributed by atoms with Gasteiger partial charge in [-0.25, -0.2) is 4.68 Å². The van der Waals surface area contributed by atoms with Crippen LogP contribution in [0.4, 0.5) is 0 Å². The summed E-state index contributed by atoms with van der Waals surface area (Å²) in [6.45, 7) is 14.2. The second-order valence-electron chi connectivity index (χ2n) is 9.15. The van der Waals surface area contributed by atoms with Crippen LogP contribution in [0.15, 0.2) is 24.3 Å². The molecule has 1 aromatic heterocycles. The van der Waals surface area contributed by atoms with E-state index in [9.17, 15) is 0 Å². The van der Waals surface area contributed by atoms with Gasteiger partial charge in [0.15, 0.2) is 5.82 Å². The summed E-state index contributed by atoms with van der Waals surface area (Å²) in [6, 6.07) is 5.60. The van der Waals surface area contributed by atoms with Crippen LogP contribution in [0.1, 0.15) is 58.1 Å². The normalized spacial score (nSPS) is 18.3. The highest BCUT2D eigenvalue weighted by atomic mass is 35.5. The smallest absolute Gasteiger partial charge is 0.169 e. The molecule has 1 saturated heterocycles. The number of hydrogen-bond acceptors (Lipinski definition) is 5. The Bertz CT molecular complexity index is 869. The Morgan fingerprint density at radius 3 is 2.43 bits per heavy atom. The van der Waals surface area contributed by atoms with Crippen LogP contribution in [0, 0.1) is 11.3 Å². The largest absolute Gasteiger partial charge is 0.379 e. The highest BCUT2D eigenvalue weighted by Gasteiger charge is 2.34. The van der Waals surface area contributed by atoms with Crippen molar-refractivity contribution in [2.45, 2.75) is 46.7 Å². The standard InChI is InChI=1S/C22H31Cl2N5O/c1-15(2)20(28-10-12-30-13-11-28)21-25-26-27-29(21)19(22(3,4)5)9-7-16-6-8-17(23)14-18(16)24/h6-9,14-15,19-20H,10-13H2,1-5H3/b9-7+/t19-,20-/m1/s1. The summed E-state index contributed by atoms with van der Waals surface area (Å²) in [7, 11) is 0. The van der Waals surface area contributed by atoms with Gasteiger partial charge in [-0.3, -0.25) is 4.90 Å². The lowest BCUT2D eigenvalue weighted by molar-refractivity contribution is 0.00148. The highest BCUT2D eigenvalue weighted by molar-refractivity contribution is 6.35. The van der Waals surface area contributed by atoms with Gasteiger partial charge in [0.25, 0.3) is 0 Å². The number of tetrazole rings is 1. The summed E-state index contributed by atoms with van der Waals surface area (Å²) in [5.74, 6) is 1.25. The molecule has 3 rings (SSSR count). The maximum absolute atomic E-state index is 6.38. The van der Waals surface area contributed by atoms with Crippen LogP contribution in [-0.4, -0.2) is 51.4 Å². The summed E-state index contributed by atoms with van der Waals surface area (Å²) in [6.07, 6.45) is 4.16. The first-order valence-electron chi connectivity index (χ1n) is 10.4. The van der Waals surface area contributed by atoms with Gasteiger partial charge in [-0.15, -0.1) is 5.10 Å². The van der Waals surface area contributed by atoms with Gasteiger partial charge in [-0.05, 0) is 39.5 Å². The number of hydrogen-bond donors (Lipinski definition) is 0. The lowest BCUT2D eigenvalue weighted by atomic mass is 9.85. The number of benzene rings is 1.